The van der Waals surface area contributed by atoms with E-state index in [0.29, 0.717) is 13.1 Å². The van der Waals surface area contributed by atoms with E-state index in [0.717, 1.165) is 24.5 Å². The van der Waals surface area contributed by atoms with Gasteiger partial charge >= 0.3 is 0 Å². The molecule has 1 saturated heterocycles. The first-order valence-corrected chi connectivity index (χ1v) is 6.82. The first kappa shape index (κ1) is 14.7. The summed E-state index contributed by atoms with van der Waals surface area (Å²) in [5.41, 5.74) is -0.163. The number of rotatable bonds is 3. The highest BCUT2D eigenvalue weighted by Crippen LogP contribution is 2.21. The van der Waals surface area contributed by atoms with E-state index in [-0.39, 0.29) is 5.91 Å². The summed E-state index contributed by atoms with van der Waals surface area (Å²) in [6.45, 7) is 5.88. The van der Waals surface area contributed by atoms with Crippen LogP contribution in [0.25, 0.3) is 0 Å². The average Bonchev–Trinajstić information content (AvgIpc) is 2.46. The maximum Gasteiger partial charge on any atom is 0.254 e. The minimum atomic E-state index is -1.29. The zero-order chi connectivity index (χ0) is 14.8. The molecular weight excluding hydrogens is 256 g/mol. The molecule has 0 aliphatic carbocycles. The lowest BCUT2D eigenvalue weighted by atomic mass is 10.1. The molecule has 20 heavy (non-hydrogen) atoms. The van der Waals surface area contributed by atoms with Gasteiger partial charge in [0.1, 0.15) is 11.4 Å². The number of benzene rings is 1. The molecule has 0 spiro atoms. The van der Waals surface area contributed by atoms with Gasteiger partial charge in [0, 0.05) is 31.9 Å². The SMILES string of the molecule is COc1ccc(N2CCN(C(=O)C(C)(C)O)CC2)cc1. The molecule has 1 aliphatic heterocycles. The van der Waals surface area contributed by atoms with Gasteiger partial charge in [-0.1, -0.05) is 0 Å². The lowest BCUT2D eigenvalue weighted by Gasteiger charge is -2.38. The summed E-state index contributed by atoms with van der Waals surface area (Å²) in [4.78, 5) is 15.9. The van der Waals surface area contributed by atoms with E-state index in [4.69, 9.17) is 4.74 Å². The molecule has 5 nitrogen and oxygen atoms in total. The number of piperazine rings is 1. The highest BCUT2D eigenvalue weighted by atomic mass is 16.5. The molecule has 0 radical (unpaired) electrons. The van der Waals surface area contributed by atoms with Crippen molar-refractivity contribution in [3.63, 3.8) is 0 Å². The normalized spacial score (nSPS) is 16.2. The van der Waals surface area contributed by atoms with Gasteiger partial charge in [-0.3, -0.25) is 4.79 Å². The zero-order valence-electron chi connectivity index (χ0n) is 12.3. The molecule has 1 fully saturated rings. The van der Waals surface area contributed by atoms with Crippen LogP contribution in [0.15, 0.2) is 24.3 Å². The number of aliphatic hydroxyl groups is 1. The number of nitrogens with zero attached hydrogens (tertiary/aromatic N) is 2. The minimum Gasteiger partial charge on any atom is -0.497 e. The fraction of sp³-hybridized carbons (Fsp3) is 0.533. The standard InChI is InChI=1S/C15H22N2O3/c1-15(2,19)14(18)17-10-8-16(9-11-17)12-4-6-13(20-3)7-5-12/h4-7,19H,8-11H2,1-3H3. The predicted molar refractivity (Wildman–Crippen MR) is 78.1 cm³/mol. The van der Waals surface area contributed by atoms with Crippen LogP contribution in [-0.2, 0) is 4.79 Å². The number of carbonyl (C=O) groups excluding carboxylic acids is 1. The fourth-order valence-electron chi connectivity index (χ4n) is 2.35. The van der Waals surface area contributed by atoms with Gasteiger partial charge in [-0.25, -0.2) is 0 Å². The first-order chi connectivity index (χ1) is 9.41. The molecule has 0 atom stereocenters. The van der Waals surface area contributed by atoms with Gasteiger partial charge in [0.2, 0.25) is 0 Å². The number of hydrogen-bond donors (Lipinski definition) is 1. The second kappa shape index (κ2) is 5.71. The topological polar surface area (TPSA) is 53.0 Å². The molecule has 1 aromatic carbocycles. The summed E-state index contributed by atoms with van der Waals surface area (Å²) in [5.74, 6) is 0.636. The van der Waals surface area contributed by atoms with E-state index in [1.165, 1.54) is 13.8 Å². The van der Waals surface area contributed by atoms with E-state index in [9.17, 15) is 9.90 Å². The molecule has 110 valence electrons. The molecule has 0 saturated carbocycles. The van der Waals surface area contributed by atoms with Gasteiger partial charge in [-0.2, -0.15) is 0 Å². The van der Waals surface area contributed by atoms with Crippen LogP contribution in [0.3, 0.4) is 0 Å². The molecule has 2 rings (SSSR count). The third-order valence-electron chi connectivity index (χ3n) is 3.53. The summed E-state index contributed by atoms with van der Waals surface area (Å²) >= 11 is 0. The van der Waals surface area contributed by atoms with Crippen molar-refractivity contribution in [1.82, 2.24) is 4.90 Å². The molecule has 1 N–H and O–H groups in total. The molecular formula is C15H22N2O3. The molecule has 0 unspecified atom stereocenters. The van der Waals surface area contributed by atoms with Crippen molar-refractivity contribution in [3.05, 3.63) is 24.3 Å². The molecule has 1 aliphatic rings. The van der Waals surface area contributed by atoms with Crippen molar-refractivity contribution >= 4 is 11.6 Å². The molecule has 5 heteroatoms. The van der Waals surface area contributed by atoms with Crippen LogP contribution < -0.4 is 9.64 Å². The summed E-state index contributed by atoms with van der Waals surface area (Å²) in [7, 11) is 1.65. The average molecular weight is 278 g/mol. The van der Waals surface area contributed by atoms with E-state index in [2.05, 4.69) is 4.90 Å². The van der Waals surface area contributed by atoms with E-state index < -0.39 is 5.60 Å². The van der Waals surface area contributed by atoms with Gasteiger partial charge in [0.25, 0.3) is 5.91 Å². The Bertz CT molecular complexity index is 457. The predicted octanol–water partition coefficient (Wildman–Crippen LogP) is 1.11. The Morgan fingerprint density at radius 1 is 1.15 bits per heavy atom. The molecule has 1 heterocycles. The van der Waals surface area contributed by atoms with Crippen molar-refractivity contribution < 1.29 is 14.6 Å². The number of amides is 1. The van der Waals surface area contributed by atoms with Crippen LogP contribution in [-0.4, -0.2) is 54.8 Å². The molecule has 1 amide bonds. The second-order valence-corrected chi connectivity index (χ2v) is 5.54. The summed E-state index contributed by atoms with van der Waals surface area (Å²) < 4.78 is 5.14. The fourth-order valence-corrected chi connectivity index (χ4v) is 2.35. The quantitative estimate of drug-likeness (QED) is 0.900. The summed E-state index contributed by atoms with van der Waals surface area (Å²) in [5, 5.41) is 9.76. The van der Waals surface area contributed by atoms with Gasteiger partial charge in [-0.05, 0) is 38.1 Å². The maximum atomic E-state index is 12.0. The number of anilines is 1. The van der Waals surface area contributed by atoms with Crippen LogP contribution in [0.5, 0.6) is 5.75 Å². The highest BCUT2D eigenvalue weighted by Gasteiger charge is 2.31. The Hall–Kier alpha value is -1.75. The maximum absolute atomic E-state index is 12.0. The highest BCUT2D eigenvalue weighted by molar-refractivity contribution is 5.84. The van der Waals surface area contributed by atoms with Gasteiger partial charge in [-0.15, -0.1) is 0 Å². The summed E-state index contributed by atoms with van der Waals surface area (Å²) in [6.07, 6.45) is 0. The van der Waals surface area contributed by atoms with Crippen LogP contribution in [0.2, 0.25) is 0 Å². The number of methoxy groups -OCH3 is 1. The first-order valence-electron chi connectivity index (χ1n) is 6.82. The van der Waals surface area contributed by atoms with Crippen molar-refractivity contribution in [2.24, 2.45) is 0 Å². The minimum absolute atomic E-state index is 0.202. The van der Waals surface area contributed by atoms with Crippen molar-refractivity contribution in [2.45, 2.75) is 19.4 Å². The Morgan fingerprint density at radius 3 is 2.15 bits per heavy atom. The zero-order valence-corrected chi connectivity index (χ0v) is 12.3. The van der Waals surface area contributed by atoms with Gasteiger partial charge in [0.05, 0.1) is 7.11 Å². The van der Waals surface area contributed by atoms with Crippen LogP contribution >= 0.6 is 0 Å². The van der Waals surface area contributed by atoms with E-state index in [1.54, 1.807) is 12.0 Å². The van der Waals surface area contributed by atoms with Crippen LogP contribution in [0.1, 0.15) is 13.8 Å². The van der Waals surface area contributed by atoms with Crippen molar-refractivity contribution in [2.75, 3.05) is 38.2 Å². The third kappa shape index (κ3) is 3.22. The number of ether oxygens (including phenoxy) is 1. The Kier molecular flexibility index (Phi) is 4.18. The Morgan fingerprint density at radius 2 is 1.70 bits per heavy atom. The van der Waals surface area contributed by atoms with Crippen molar-refractivity contribution in [3.8, 4) is 5.75 Å². The largest absolute Gasteiger partial charge is 0.497 e. The second-order valence-electron chi connectivity index (χ2n) is 5.54. The van der Waals surface area contributed by atoms with Gasteiger partial charge in [0.15, 0.2) is 0 Å². The smallest absolute Gasteiger partial charge is 0.254 e. The lowest BCUT2D eigenvalue weighted by Crippen LogP contribution is -2.54. The van der Waals surface area contributed by atoms with Crippen molar-refractivity contribution in [1.29, 1.82) is 0 Å². The molecule has 0 bridgehead atoms. The lowest BCUT2D eigenvalue weighted by molar-refractivity contribution is -0.148. The van der Waals surface area contributed by atoms with E-state index in [1.807, 2.05) is 24.3 Å². The van der Waals surface area contributed by atoms with E-state index >= 15 is 0 Å². The van der Waals surface area contributed by atoms with Crippen LogP contribution in [0.4, 0.5) is 5.69 Å². The Labute approximate surface area is 119 Å². The molecule has 0 aromatic heterocycles. The number of carbonyl (C=O) groups is 1. The third-order valence-corrected chi connectivity index (χ3v) is 3.53. The Balaban J connectivity index is 1.95. The number of hydrogen-bond acceptors (Lipinski definition) is 4. The van der Waals surface area contributed by atoms with Crippen LogP contribution in [0, 0.1) is 0 Å². The summed E-state index contributed by atoms with van der Waals surface area (Å²) in [6, 6.07) is 7.91. The monoisotopic (exact) mass is 278 g/mol. The van der Waals surface area contributed by atoms with Gasteiger partial charge < -0.3 is 19.6 Å². The molecule has 1 aromatic rings.